The van der Waals surface area contributed by atoms with E-state index < -0.39 is 26.7 Å². The van der Waals surface area contributed by atoms with E-state index in [1.54, 1.807) is 0 Å². The Morgan fingerprint density at radius 1 is 1.14 bits per heavy atom. The molecule has 154 valence electrons. The Morgan fingerprint density at radius 2 is 1.83 bits per heavy atom. The molecule has 0 saturated carbocycles. The highest BCUT2D eigenvalue weighted by molar-refractivity contribution is 7.89. The molecule has 1 heterocycles. The van der Waals surface area contributed by atoms with Crippen LogP contribution in [0, 0.1) is 15.9 Å². The zero-order valence-electron chi connectivity index (χ0n) is 15.5. The number of nitrogens with one attached hydrogen (secondary N) is 1. The maximum Gasteiger partial charge on any atom is 0.271 e. The Labute approximate surface area is 166 Å². The highest BCUT2D eigenvalue weighted by atomic mass is 32.2. The molecule has 0 bridgehead atoms. The number of nitro groups is 1. The van der Waals surface area contributed by atoms with Crippen molar-refractivity contribution in [3.8, 4) is 0 Å². The fraction of sp³-hybridized carbons (Fsp3) is 0.278. The minimum absolute atomic E-state index is 0.00823. The van der Waals surface area contributed by atoms with Crippen LogP contribution in [0.25, 0.3) is 0 Å². The van der Waals surface area contributed by atoms with Gasteiger partial charge >= 0.3 is 0 Å². The number of nitro benzene ring substituents is 1. The quantitative estimate of drug-likeness (QED) is 0.582. The molecule has 1 aliphatic heterocycles. The lowest BCUT2D eigenvalue weighted by Crippen LogP contribution is -2.47. The third kappa shape index (κ3) is 4.58. The van der Waals surface area contributed by atoms with Gasteiger partial charge in [0.1, 0.15) is 5.82 Å². The number of piperazine rings is 1. The number of rotatable bonds is 5. The lowest BCUT2D eigenvalue weighted by molar-refractivity contribution is -0.384. The molecular formula is C18H19FN4O5S. The van der Waals surface area contributed by atoms with Crippen LogP contribution in [0.2, 0.25) is 0 Å². The number of anilines is 1. The number of benzene rings is 2. The van der Waals surface area contributed by atoms with Crippen molar-refractivity contribution < 1.29 is 22.5 Å². The average molecular weight is 422 g/mol. The molecule has 3 rings (SSSR count). The number of likely N-dealkylation sites (N-methyl/N-ethyl adjacent to an activating group) is 1. The molecule has 9 nitrogen and oxygen atoms in total. The smallest absolute Gasteiger partial charge is 0.271 e. The number of carbonyl (C=O) groups is 1. The molecule has 1 amide bonds. The Bertz CT molecular complexity index is 1050. The molecule has 1 saturated heterocycles. The van der Waals surface area contributed by atoms with Crippen LogP contribution < -0.4 is 5.32 Å². The standard InChI is InChI=1S/C18H19FN4O5S/c1-21-7-9-22(10-8-21)29(27,28)15-4-2-3-13(11-15)18(24)20-17-12-14(23(25)26)5-6-16(17)19/h2-6,11-12H,7-10H2,1H3,(H,20,24). The summed E-state index contributed by atoms with van der Waals surface area (Å²) in [5.41, 5.74) is -0.754. The minimum Gasteiger partial charge on any atom is -0.319 e. The largest absolute Gasteiger partial charge is 0.319 e. The van der Waals surface area contributed by atoms with Crippen molar-refractivity contribution in [1.29, 1.82) is 0 Å². The molecule has 2 aromatic rings. The first-order valence-electron chi connectivity index (χ1n) is 8.72. The number of hydrogen-bond donors (Lipinski definition) is 1. The lowest BCUT2D eigenvalue weighted by Gasteiger charge is -2.31. The van der Waals surface area contributed by atoms with Gasteiger partial charge in [-0.25, -0.2) is 12.8 Å². The van der Waals surface area contributed by atoms with Gasteiger partial charge in [0.25, 0.3) is 11.6 Å². The van der Waals surface area contributed by atoms with Gasteiger partial charge in [0.05, 0.1) is 15.5 Å². The van der Waals surface area contributed by atoms with Crippen molar-refractivity contribution in [2.24, 2.45) is 0 Å². The first kappa shape index (κ1) is 20.8. The van der Waals surface area contributed by atoms with E-state index in [2.05, 4.69) is 5.32 Å². The summed E-state index contributed by atoms with van der Waals surface area (Å²) in [5, 5.41) is 13.1. The zero-order chi connectivity index (χ0) is 21.2. The summed E-state index contributed by atoms with van der Waals surface area (Å²) in [4.78, 5) is 24.6. The third-order valence-electron chi connectivity index (χ3n) is 4.61. The Hall–Kier alpha value is -2.89. The predicted molar refractivity (Wildman–Crippen MR) is 104 cm³/mol. The van der Waals surface area contributed by atoms with E-state index in [1.165, 1.54) is 28.6 Å². The number of carbonyl (C=O) groups excluding carboxylic acids is 1. The second-order valence-electron chi connectivity index (χ2n) is 6.61. The molecule has 0 aliphatic carbocycles. The van der Waals surface area contributed by atoms with E-state index in [9.17, 15) is 27.7 Å². The monoisotopic (exact) mass is 422 g/mol. The maximum absolute atomic E-state index is 13.9. The van der Waals surface area contributed by atoms with Gasteiger partial charge in [0.15, 0.2) is 0 Å². The molecule has 1 fully saturated rings. The molecule has 0 atom stereocenters. The first-order chi connectivity index (χ1) is 13.7. The molecule has 0 spiro atoms. The SMILES string of the molecule is CN1CCN(S(=O)(=O)c2cccc(C(=O)Nc3cc([N+](=O)[O-])ccc3F)c2)CC1. The van der Waals surface area contributed by atoms with Crippen LogP contribution in [0.15, 0.2) is 47.4 Å². The summed E-state index contributed by atoms with van der Waals surface area (Å²) in [6, 6.07) is 8.15. The topological polar surface area (TPSA) is 113 Å². The van der Waals surface area contributed by atoms with Crippen LogP contribution in [0.1, 0.15) is 10.4 Å². The van der Waals surface area contributed by atoms with E-state index in [1.807, 2.05) is 11.9 Å². The van der Waals surface area contributed by atoms with Crippen LogP contribution >= 0.6 is 0 Å². The summed E-state index contributed by atoms with van der Waals surface area (Å²) in [7, 11) is -1.87. The van der Waals surface area contributed by atoms with Crippen molar-refractivity contribution >= 4 is 27.3 Å². The van der Waals surface area contributed by atoms with Gasteiger partial charge in [0, 0.05) is 43.9 Å². The highest BCUT2D eigenvalue weighted by Gasteiger charge is 2.28. The molecule has 0 unspecified atom stereocenters. The number of sulfonamides is 1. The molecule has 1 aliphatic rings. The van der Waals surface area contributed by atoms with Crippen molar-refractivity contribution in [3.05, 3.63) is 64.0 Å². The van der Waals surface area contributed by atoms with E-state index in [-0.39, 0.29) is 21.8 Å². The van der Waals surface area contributed by atoms with Crippen molar-refractivity contribution in [2.75, 3.05) is 38.5 Å². The minimum atomic E-state index is -3.78. The molecule has 2 aromatic carbocycles. The highest BCUT2D eigenvalue weighted by Crippen LogP contribution is 2.23. The van der Waals surface area contributed by atoms with E-state index in [0.29, 0.717) is 26.2 Å². The Kier molecular flexibility index (Phi) is 5.91. The summed E-state index contributed by atoms with van der Waals surface area (Å²) in [6.45, 7) is 1.89. The summed E-state index contributed by atoms with van der Waals surface area (Å²) < 4.78 is 40.9. The van der Waals surface area contributed by atoms with E-state index >= 15 is 0 Å². The van der Waals surface area contributed by atoms with Crippen LogP contribution in [-0.2, 0) is 10.0 Å². The van der Waals surface area contributed by atoms with Gasteiger partial charge < -0.3 is 10.2 Å². The number of non-ortho nitro benzene ring substituents is 1. The van der Waals surface area contributed by atoms with Gasteiger partial charge in [-0.15, -0.1) is 0 Å². The summed E-state index contributed by atoms with van der Waals surface area (Å²) in [5.74, 6) is -1.62. The second-order valence-corrected chi connectivity index (χ2v) is 8.55. The van der Waals surface area contributed by atoms with Crippen molar-refractivity contribution in [1.82, 2.24) is 9.21 Å². The average Bonchev–Trinajstić information content (AvgIpc) is 2.70. The predicted octanol–water partition coefficient (Wildman–Crippen LogP) is 1.92. The summed E-state index contributed by atoms with van der Waals surface area (Å²) >= 11 is 0. The van der Waals surface area contributed by atoms with E-state index in [4.69, 9.17) is 0 Å². The fourth-order valence-electron chi connectivity index (χ4n) is 2.89. The molecular weight excluding hydrogens is 403 g/mol. The Morgan fingerprint density at radius 3 is 2.48 bits per heavy atom. The number of halogens is 1. The molecule has 11 heteroatoms. The summed E-state index contributed by atoms with van der Waals surface area (Å²) in [6.07, 6.45) is 0. The number of nitrogens with zero attached hydrogens (tertiary/aromatic N) is 3. The molecule has 0 radical (unpaired) electrons. The molecule has 1 N–H and O–H groups in total. The van der Waals surface area contributed by atoms with Crippen LogP contribution in [0.5, 0.6) is 0 Å². The van der Waals surface area contributed by atoms with Crippen LogP contribution in [0.3, 0.4) is 0 Å². The zero-order valence-corrected chi connectivity index (χ0v) is 16.4. The van der Waals surface area contributed by atoms with Crippen molar-refractivity contribution in [2.45, 2.75) is 4.90 Å². The van der Waals surface area contributed by atoms with E-state index in [0.717, 1.165) is 18.2 Å². The van der Waals surface area contributed by atoms with Gasteiger partial charge in [-0.1, -0.05) is 6.07 Å². The van der Waals surface area contributed by atoms with Crippen LogP contribution in [-0.4, -0.2) is 61.7 Å². The number of hydrogen-bond acceptors (Lipinski definition) is 6. The molecule has 29 heavy (non-hydrogen) atoms. The van der Waals surface area contributed by atoms with Gasteiger partial charge in [-0.2, -0.15) is 4.31 Å². The first-order valence-corrected chi connectivity index (χ1v) is 10.2. The van der Waals surface area contributed by atoms with Crippen molar-refractivity contribution in [3.63, 3.8) is 0 Å². The second kappa shape index (κ2) is 8.23. The number of amides is 1. The van der Waals surface area contributed by atoms with Gasteiger partial charge in [-0.3, -0.25) is 14.9 Å². The fourth-order valence-corrected chi connectivity index (χ4v) is 4.36. The van der Waals surface area contributed by atoms with Gasteiger partial charge in [-0.05, 0) is 31.3 Å². The van der Waals surface area contributed by atoms with Crippen LogP contribution in [0.4, 0.5) is 15.8 Å². The Balaban J connectivity index is 1.83. The maximum atomic E-state index is 13.9. The lowest BCUT2D eigenvalue weighted by atomic mass is 10.2. The normalized spacial score (nSPS) is 15.8. The molecule has 0 aromatic heterocycles. The van der Waals surface area contributed by atoms with Gasteiger partial charge in [0.2, 0.25) is 10.0 Å². The third-order valence-corrected chi connectivity index (χ3v) is 6.50.